The van der Waals surface area contributed by atoms with Gasteiger partial charge in [-0.25, -0.2) is 12.7 Å². The van der Waals surface area contributed by atoms with E-state index in [9.17, 15) is 22.8 Å². The van der Waals surface area contributed by atoms with Gasteiger partial charge in [0.25, 0.3) is 0 Å². The Bertz CT molecular complexity index is 776. The fraction of sp³-hybridized carbons (Fsp3) is 0.438. The zero-order valence-electron chi connectivity index (χ0n) is 14.1. The third kappa shape index (κ3) is 6.12. The van der Waals surface area contributed by atoms with Crippen molar-refractivity contribution in [3.8, 4) is 0 Å². The number of nitrogens with zero attached hydrogens (tertiary/aromatic N) is 1. The number of sulfonamides is 1. The molecular formula is C16H21N3O6S. The molecule has 1 heterocycles. The molecule has 0 aromatic heterocycles. The largest absolute Gasteiger partial charge is 0.480 e. The van der Waals surface area contributed by atoms with E-state index < -0.39 is 28.4 Å². The molecule has 9 nitrogen and oxygen atoms in total. The lowest BCUT2D eigenvalue weighted by atomic mass is 10.1. The van der Waals surface area contributed by atoms with Crippen molar-refractivity contribution in [2.24, 2.45) is 0 Å². The van der Waals surface area contributed by atoms with Gasteiger partial charge < -0.3 is 15.7 Å². The summed E-state index contributed by atoms with van der Waals surface area (Å²) in [5, 5.41) is 13.4. The molecule has 0 spiro atoms. The Morgan fingerprint density at radius 1 is 1.12 bits per heavy atom. The predicted octanol–water partition coefficient (Wildman–Crippen LogP) is -0.206. The van der Waals surface area contributed by atoms with Crippen LogP contribution in [0.1, 0.15) is 18.4 Å². The van der Waals surface area contributed by atoms with Crippen molar-refractivity contribution in [1.82, 2.24) is 9.62 Å². The van der Waals surface area contributed by atoms with Crippen LogP contribution >= 0.6 is 0 Å². The number of hydrogen-bond donors (Lipinski definition) is 3. The second-order valence-electron chi connectivity index (χ2n) is 5.91. The van der Waals surface area contributed by atoms with Crippen LogP contribution in [0.25, 0.3) is 0 Å². The van der Waals surface area contributed by atoms with Crippen molar-refractivity contribution in [3.05, 3.63) is 29.8 Å². The number of carbonyl (C=O) groups excluding carboxylic acids is 2. The maximum atomic E-state index is 11.9. The van der Waals surface area contributed by atoms with Crippen LogP contribution in [0.2, 0.25) is 0 Å². The number of rotatable bonds is 8. The van der Waals surface area contributed by atoms with Gasteiger partial charge in [-0.3, -0.25) is 14.4 Å². The monoisotopic (exact) mass is 383 g/mol. The molecule has 0 saturated carbocycles. The van der Waals surface area contributed by atoms with Crippen LogP contribution in [0.15, 0.2) is 24.3 Å². The van der Waals surface area contributed by atoms with Crippen LogP contribution < -0.4 is 10.6 Å². The normalized spacial score (nSPS) is 16.2. The van der Waals surface area contributed by atoms with Crippen LogP contribution in [0.4, 0.5) is 5.69 Å². The number of anilines is 1. The molecule has 2 amide bonds. The molecule has 2 rings (SSSR count). The third-order valence-corrected chi connectivity index (χ3v) is 5.79. The first-order valence-electron chi connectivity index (χ1n) is 8.11. The number of carboxylic acids is 1. The maximum Gasteiger partial charge on any atom is 0.322 e. The van der Waals surface area contributed by atoms with Gasteiger partial charge in [0.2, 0.25) is 21.8 Å². The molecular weight excluding hydrogens is 362 g/mol. The van der Waals surface area contributed by atoms with E-state index in [1.165, 1.54) is 4.31 Å². The van der Waals surface area contributed by atoms with E-state index in [4.69, 9.17) is 5.11 Å². The van der Waals surface area contributed by atoms with Gasteiger partial charge in [-0.15, -0.1) is 0 Å². The van der Waals surface area contributed by atoms with Gasteiger partial charge in [-0.2, -0.15) is 0 Å². The standard InChI is InChI=1S/C16H21N3O6S/c20-14(6-8-19-7-1-9-26(19,24)25)18-13-4-2-12(3-5-13)10-15(21)17-11-16(22)23/h2-5H,1,6-11H2,(H,17,21)(H,18,20)(H,22,23). The summed E-state index contributed by atoms with van der Waals surface area (Å²) in [6, 6.07) is 6.57. The van der Waals surface area contributed by atoms with Crippen molar-refractivity contribution in [2.75, 3.05) is 30.7 Å². The second kappa shape index (κ2) is 8.77. The highest BCUT2D eigenvalue weighted by Crippen LogP contribution is 2.14. The molecule has 0 radical (unpaired) electrons. The van der Waals surface area contributed by atoms with Gasteiger partial charge in [0.15, 0.2) is 0 Å². The number of hydrogen-bond acceptors (Lipinski definition) is 5. The van der Waals surface area contributed by atoms with E-state index in [1.54, 1.807) is 24.3 Å². The minimum Gasteiger partial charge on any atom is -0.480 e. The zero-order chi connectivity index (χ0) is 19.2. The lowest BCUT2D eigenvalue weighted by Crippen LogP contribution is -2.30. The summed E-state index contributed by atoms with van der Waals surface area (Å²) in [5.41, 5.74) is 1.21. The van der Waals surface area contributed by atoms with Crippen LogP contribution in [0.3, 0.4) is 0 Å². The van der Waals surface area contributed by atoms with E-state index in [-0.39, 0.29) is 31.0 Å². The molecule has 26 heavy (non-hydrogen) atoms. The van der Waals surface area contributed by atoms with Crippen molar-refractivity contribution in [3.63, 3.8) is 0 Å². The molecule has 1 saturated heterocycles. The average molecular weight is 383 g/mol. The molecule has 10 heteroatoms. The first-order valence-corrected chi connectivity index (χ1v) is 9.72. The first kappa shape index (κ1) is 19.9. The Kier molecular flexibility index (Phi) is 6.70. The molecule has 3 N–H and O–H groups in total. The van der Waals surface area contributed by atoms with Crippen molar-refractivity contribution in [1.29, 1.82) is 0 Å². The van der Waals surface area contributed by atoms with Gasteiger partial charge in [-0.05, 0) is 24.1 Å². The van der Waals surface area contributed by atoms with E-state index >= 15 is 0 Å². The molecule has 1 fully saturated rings. The molecule has 1 aliphatic heterocycles. The predicted molar refractivity (Wildman–Crippen MR) is 94.0 cm³/mol. The summed E-state index contributed by atoms with van der Waals surface area (Å²) >= 11 is 0. The highest BCUT2D eigenvalue weighted by Gasteiger charge is 2.28. The molecule has 1 aromatic rings. The molecule has 0 bridgehead atoms. The lowest BCUT2D eigenvalue weighted by molar-refractivity contribution is -0.137. The fourth-order valence-electron chi connectivity index (χ4n) is 2.52. The van der Waals surface area contributed by atoms with E-state index in [0.717, 1.165) is 0 Å². The van der Waals surface area contributed by atoms with Gasteiger partial charge in [-0.1, -0.05) is 12.1 Å². The molecule has 0 aliphatic carbocycles. The molecule has 1 aromatic carbocycles. The smallest absolute Gasteiger partial charge is 0.322 e. The quantitative estimate of drug-likeness (QED) is 0.569. The van der Waals surface area contributed by atoms with Gasteiger partial charge in [0.1, 0.15) is 6.54 Å². The van der Waals surface area contributed by atoms with E-state index in [0.29, 0.717) is 24.2 Å². The fourth-order valence-corrected chi connectivity index (χ4v) is 4.05. The first-order chi connectivity index (χ1) is 12.3. The molecule has 0 atom stereocenters. The Morgan fingerprint density at radius 2 is 1.81 bits per heavy atom. The number of carboxylic acid groups (broad SMARTS) is 1. The highest BCUT2D eigenvalue weighted by molar-refractivity contribution is 7.89. The number of carbonyl (C=O) groups is 3. The summed E-state index contributed by atoms with van der Waals surface area (Å²) in [7, 11) is -3.20. The van der Waals surface area contributed by atoms with Crippen LogP contribution in [0, 0.1) is 0 Å². The van der Waals surface area contributed by atoms with Crippen LogP contribution in [-0.2, 0) is 30.8 Å². The summed E-state index contributed by atoms with van der Waals surface area (Å²) in [5.74, 6) is -1.68. The second-order valence-corrected chi connectivity index (χ2v) is 8.00. The summed E-state index contributed by atoms with van der Waals surface area (Å²) < 4.78 is 24.7. The summed E-state index contributed by atoms with van der Waals surface area (Å²) in [6.45, 7) is 0.184. The third-order valence-electron chi connectivity index (χ3n) is 3.83. The highest BCUT2D eigenvalue weighted by atomic mass is 32.2. The van der Waals surface area contributed by atoms with Crippen LogP contribution in [0.5, 0.6) is 0 Å². The van der Waals surface area contributed by atoms with Gasteiger partial charge in [0.05, 0.1) is 12.2 Å². The number of aliphatic carboxylic acids is 1. The number of benzene rings is 1. The van der Waals surface area contributed by atoms with E-state index in [2.05, 4.69) is 10.6 Å². The van der Waals surface area contributed by atoms with Crippen molar-refractivity contribution in [2.45, 2.75) is 19.3 Å². The molecule has 1 aliphatic rings. The Hall–Kier alpha value is -2.46. The zero-order valence-corrected chi connectivity index (χ0v) is 14.9. The van der Waals surface area contributed by atoms with Crippen molar-refractivity contribution < 1.29 is 27.9 Å². The van der Waals surface area contributed by atoms with Crippen LogP contribution in [-0.4, -0.2) is 61.0 Å². The topological polar surface area (TPSA) is 133 Å². The van der Waals surface area contributed by atoms with Gasteiger partial charge in [0, 0.05) is 25.2 Å². The summed E-state index contributed by atoms with van der Waals surface area (Å²) in [4.78, 5) is 33.9. The van der Waals surface area contributed by atoms with E-state index in [1.807, 2.05) is 0 Å². The minimum atomic E-state index is -3.20. The Balaban J connectivity index is 1.78. The Morgan fingerprint density at radius 3 is 2.38 bits per heavy atom. The SMILES string of the molecule is O=C(O)CNC(=O)Cc1ccc(NC(=O)CCN2CCCS2(=O)=O)cc1. The summed E-state index contributed by atoms with van der Waals surface area (Å²) in [6.07, 6.45) is 0.693. The Labute approximate surface area is 151 Å². The lowest BCUT2D eigenvalue weighted by Gasteiger charge is -2.13. The molecule has 0 unspecified atom stereocenters. The molecule has 142 valence electrons. The number of amides is 2. The van der Waals surface area contributed by atoms with Crippen molar-refractivity contribution >= 4 is 33.5 Å². The van der Waals surface area contributed by atoms with Gasteiger partial charge >= 0.3 is 5.97 Å². The minimum absolute atomic E-state index is 0.0360. The average Bonchev–Trinajstić information content (AvgIpc) is 2.91. The number of nitrogens with one attached hydrogen (secondary N) is 2. The maximum absolute atomic E-state index is 11.9.